The maximum atomic E-state index is 14.1. The van der Waals surface area contributed by atoms with Crippen molar-refractivity contribution >= 4 is 12.0 Å². The molecule has 3 nitrogen and oxygen atoms in total. The van der Waals surface area contributed by atoms with Gasteiger partial charge in [0.15, 0.2) is 0 Å². The molecule has 3 heterocycles. The van der Waals surface area contributed by atoms with Crippen LogP contribution in [0, 0.1) is 23.4 Å². The molecule has 3 fully saturated rings. The fourth-order valence-electron chi connectivity index (χ4n) is 3.83. The molecule has 0 radical (unpaired) electrons. The molecule has 0 saturated carbocycles. The van der Waals surface area contributed by atoms with Gasteiger partial charge in [-0.1, -0.05) is 24.3 Å². The fraction of sp³-hybridized carbons (Fsp3) is 0.286. The molecule has 1 unspecified atom stereocenters. The van der Waals surface area contributed by atoms with E-state index in [4.69, 9.17) is 4.74 Å². The van der Waals surface area contributed by atoms with Crippen LogP contribution in [-0.2, 0) is 4.74 Å². The first-order valence-electron chi connectivity index (χ1n) is 8.90. The normalized spacial score (nSPS) is 22.9. The summed E-state index contributed by atoms with van der Waals surface area (Å²) >= 11 is 0. The summed E-state index contributed by atoms with van der Waals surface area (Å²) in [6, 6.07) is 9.56. The number of benzene rings is 2. The Morgan fingerprint density at radius 3 is 2.26 bits per heavy atom. The van der Waals surface area contributed by atoms with E-state index in [0.29, 0.717) is 11.3 Å². The average molecular weight is 373 g/mol. The van der Waals surface area contributed by atoms with Gasteiger partial charge in [-0.05, 0) is 37.1 Å². The molecule has 0 N–H and O–H groups in total. The summed E-state index contributed by atoms with van der Waals surface area (Å²) < 4.78 is 47.5. The second-order valence-electron chi connectivity index (χ2n) is 6.84. The second-order valence-corrected chi connectivity index (χ2v) is 6.84. The van der Waals surface area contributed by atoms with Crippen LogP contribution in [0.5, 0.6) is 0 Å². The van der Waals surface area contributed by atoms with Crippen LogP contribution in [0.2, 0.25) is 0 Å². The third-order valence-electron chi connectivity index (χ3n) is 5.23. The molecule has 3 aliphatic heterocycles. The van der Waals surface area contributed by atoms with Crippen LogP contribution in [0.15, 0.2) is 48.2 Å². The van der Waals surface area contributed by atoms with Gasteiger partial charge in [-0.25, -0.2) is 18.0 Å². The van der Waals surface area contributed by atoms with Crippen molar-refractivity contribution in [1.29, 1.82) is 0 Å². The van der Waals surface area contributed by atoms with Gasteiger partial charge in [0, 0.05) is 24.6 Å². The van der Waals surface area contributed by atoms with Gasteiger partial charge in [-0.2, -0.15) is 0 Å². The minimum absolute atomic E-state index is 0.0480. The van der Waals surface area contributed by atoms with Crippen LogP contribution in [0.25, 0.3) is 6.08 Å². The summed E-state index contributed by atoms with van der Waals surface area (Å²) in [6.45, 7) is 1.57. The van der Waals surface area contributed by atoms with Crippen LogP contribution in [0.4, 0.5) is 13.2 Å². The monoisotopic (exact) mass is 373 g/mol. The van der Waals surface area contributed by atoms with Crippen molar-refractivity contribution in [2.24, 2.45) is 5.92 Å². The van der Waals surface area contributed by atoms with E-state index in [-0.39, 0.29) is 11.7 Å². The molecule has 3 saturated heterocycles. The molecule has 0 amide bonds. The minimum atomic E-state index is -1.04. The van der Waals surface area contributed by atoms with E-state index in [0.717, 1.165) is 38.1 Å². The van der Waals surface area contributed by atoms with Gasteiger partial charge in [0.2, 0.25) is 0 Å². The number of hydrogen-bond acceptors (Lipinski definition) is 3. The SMILES string of the molecule is O=C(OC1C(=Cc2ccccc2F)N2CCC1CC2)c1c(F)cccc1F. The van der Waals surface area contributed by atoms with Crippen LogP contribution in [0.3, 0.4) is 0 Å². The maximum absolute atomic E-state index is 14.1. The number of esters is 1. The lowest BCUT2D eigenvalue weighted by molar-refractivity contribution is -0.0168. The quantitative estimate of drug-likeness (QED) is 0.747. The van der Waals surface area contributed by atoms with E-state index in [2.05, 4.69) is 0 Å². The van der Waals surface area contributed by atoms with E-state index >= 15 is 0 Å². The Morgan fingerprint density at radius 1 is 0.963 bits per heavy atom. The van der Waals surface area contributed by atoms with Gasteiger partial charge >= 0.3 is 5.97 Å². The lowest BCUT2D eigenvalue weighted by Gasteiger charge is -2.47. The molecule has 0 aliphatic carbocycles. The molecule has 6 heteroatoms. The molecule has 0 aromatic heterocycles. The topological polar surface area (TPSA) is 29.5 Å². The lowest BCUT2D eigenvalue weighted by Crippen LogP contribution is -2.50. The van der Waals surface area contributed by atoms with E-state index < -0.39 is 29.3 Å². The highest BCUT2D eigenvalue weighted by atomic mass is 19.1. The molecule has 2 aromatic carbocycles. The molecule has 27 heavy (non-hydrogen) atoms. The second kappa shape index (κ2) is 7.10. The summed E-state index contributed by atoms with van der Waals surface area (Å²) in [4.78, 5) is 14.5. The number of nitrogens with zero attached hydrogens (tertiary/aromatic N) is 1. The van der Waals surface area contributed by atoms with E-state index in [1.807, 2.05) is 4.90 Å². The lowest BCUT2D eigenvalue weighted by atomic mass is 9.82. The van der Waals surface area contributed by atoms with E-state index in [9.17, 15) is 18.0 Å². The van der Waals surface area contributed by atoms with Gasteiger partial charge in [0.05, 0.1) is 5.70 Å². The van der Waals surface area contributed by atoms with Crippen LogP contribution < -0.4 is 0 Å². The van der Waals surface area contributed by atoms with Gasteiger partial charge in [-0.3, -0.25) is 0 Å². The molecule has 3 aliphatic rings. The highest BCUT2D eigenvalue weighted by molar-refractivity contribution is 5.90. The number of rotatable bonds is 3. The van der Waals surface area contributed by atoms with Crippen molar-refractivity contribution < 1.29 is 22.7 Å². The number of halogens is 3. The summed E-state index contributed by atoms with van der Waals surface area (Å²) in [7, 11) is 0. The van der Waals surface area contributed by atoms with E-state index in [1.165, 1.54) is 12.1 Å². The Labute approximate surface area is 155 Å². The molecule has 0 spiro atoms. The molecular formula is C21H18F3NO2. The van der Waals surface area contributed by atoms with Crippen molar-refractivity contribution in [3.8, 4) is 0 Å². The highest BCUT2D eigenvalue weighted by Gasteiger charge is 2.41. The van der Waals surface area contributed by atoms with E-state index in [1.54, 1.807) is 24.3 Å². The third-order valence-corrected chi connectivity index (χ3v) is 5.23. The summed E-state index contributed by atoms with van der Waals surface area (Å²) in [6.07, 6.45) is 2.63. The van der Waals surface area contributed by atoms with Crippen LogP contribution >= 0.6 is 0 Å². The Kier molecular flexibility index (Phi) is 4.64. The summed E-state index contributed by atoms with van der Waals surface area (Å²) in [5.41, 5.74) is 0.366. The van der Waals surface area contributed by atoms with Crippen molar-refractivity contribution in [3.05, 3.63) is 76.7 Å². The van der Waals surface area contributed by atoms with Gasteiger partial charge in [0.1, 0.15) is 29.1 Å². The molecule has 2 aromatic rings. The Balaban J connectivity index is 1.67. The molecular weight excluding hydrogens is 355 g/mol. The Bertz CT molecular complexity index is 884. The van der Waals surface area contributed by atoms with Gasteiger partial charge in [0.25, 0.3) is 0 Å². The number of piperidine rings is 3. The van der Waals surface area contributed by atoms with Crippen molar-refractivity contribution in [1.82, 2.24) is 4.90 Å². The predicted molar refractivity (Wildman–Crippen MR) is 94.2 cm³/mol. The van der Waals surface area contributed by atoms with Gasteiger partial charge in [-0.15, -0.1) is 0 Å². The maximum Gasteiger partial charge on any atom is 0.344 e. The van der Waals surface area contributed by atoms with Crippen molar-refractivity contribution in [2.75, 3.05) is 13.1 Å². The molecule has 140 valence electrons. The highest BCUT2D eigenvalue weighted by Crippen LogP contribution is 2.38. The Morgan fingerprint density at radius 2 is 1.59 bits per heavy atom. The van der Waals surface area contributed by atoms with Crippen LogP contribution in [0.1, 0.15) is 28.8 Å². The van der Waals surface area contributed by atoms with Crippen molar-refractivity contribution in [2.45, 2.75) is 18.9 Å². The summed E-state index contributed by atoms with van der Waals surface area (Å²) in [5, 5.41) is 0. The first kappa shape index (κ1) is 17.6. The molecule has 1 atom stereocenters. The minimum Gasteiger partial charge on any atom is -0.452 e. The number of ether oxygens (including phenoxy) is 1. The zero-order valence-electron chi connectivity index (χ0n) is 14.5. The third kappa shape index (κ3) is 3.31. The van der Waals surface area contributed by atoms with Gasteiger partial charge < -0.3 is 9.64 Å². The summed E-state index contributed by atoms with van der Waals surface area (Å²) in [5.74, 6) is -3.28. The first-order chi connectivity index (χ1) is 13.0. The van der Waals surface area contributed by atoms with Crippen molar-refractivity contribution in [3.63, 3.8) is 0 Å². The zero-order chi connectivity index (χ0) is 19.0. The molecule has 5 rings (SSSR count). The number of carbonyl (C=O) groups is 1. The smallest absolute Gasteiger partial charge is 0.344 e. The number of hydrogen-bond donors (Lipinski definition) is 0. The number of carbonyl (C=O) groups excluding carboxylic acids is 1. The Hall–Kier alpha value is -2.76. The fourth-order valence-corrected chi connectivity index (χ4v) is 3.83. The average Bonchev–Trinajstić information content (AvgIpc) is 2.66. The van der Waals surface area contributed by atoms with Crippen LogP contribution in [-0.4, -0.2) is 30.1 Å². The standard InChI is InChI=1S/C21H18F3NO2/c22-15-5-2-1-4-14(15)12-18-20(13-8-10-25(18)11-9-13)27-21(26)19-16(23)6-3-7-17(19)24/h1-7,12-13,20H,8-11H2. The first-order valence-corrected chi connectivity index (χ1v) is 8.90. The largest absolute Gasteiger partial charge is 0.452 e. The number of fused-ring (bicyclic) bond motifs is 3. The zero-order valence-corrected chi connectivity index (χ0v) is 14.5. The predicted octanol–water partition coefficient (Wildman–Crippen LogP) is 4.40. The molecule has 2 bridgehead atoms.